The molecular weight excluding hydrogens is 222 g/mol. The fourth-order valence-corrected chi connectivity index (χ4v) is 5.09. The molecular formula is C16H23NO. The Morgan fingerprint density at radius 2 is 1.50 bits per heavy atom. The van der Waals surface area contributed by atoms with Crippen LogP contribution in [0.15, 0.2) is 24.5 Å². The highest BCUT2D eigenvalue weighted by molar-refractivity contribution is 5.03. The number of nitrogens with zero attached hydrogens (tertiary/aromatic N) is 1. The lowest BCUT2D eigenvalue weighted by atomic mass is 9.54. The van der Waals surface area contributed by atoms with Crippen LogP contribution in [-0.4, -0.2) is 16.8 Å². The minimum absolute atomic E-state index is 0.280. The van der Waals surface area contributed by atoms with E-state index in [-0.39, 0.29) is 5.60 Å². The summed E-state index contributed by atoms with van der Waals surface area (Å²) in [6, 6.07) is 4.18. The molecule has 4 aliphatic carbocycles. The lowest BCUT2D eigenvalue weighted by Crippen LogP contribution is -2.52. The fourth-order valence-electron chi connectivity index (χ4n) is 5.09. The molecule has 4 bridgehead atoms. The topological polar surface area (TPSA) is 14.2 Å². The van der Waals surface area contributed by atoms with E-state index in [1.54, 1.807) is 0 Å². The van der Waals surface area contributed by atoms with Crippen molar-refractivity contribution in [3.63, 3.8) is 0 Å². The monoisotopic (exact) mass is 245 g/mol. The van der Waals surface area contributed by atoms with Gasteiger partial charge < -0.3 is 9.30 Å². The van der Waals surface area contributed by atoms with Crippen molar-refractivity contribution in [1.82, 2.24) is 4.57 Å². The quantitative estimate of drug-likeness (QED) is 0.792. The highest BCUT2D eigenvalue weighted by atomic mass is 16.5. The molecule has 0 aliphatic heterocycles. The molecule has 0 saturated heterocycles. The molecule has 0 aromatic carbocycles. The van der Waals surface area contributed by atoms with Crippen molar-refractivity contribution >= 4 is 0 Å². The Morgan fingerprint density at radius 3 is 2.06 bits per heavy atom. The summed E-state index contributed by atoms with van der Waals surface area (Å²) in [7, 11) is 0. The largest absolute Gasteiger partial charge is 0.373 e. The van der Waals surface area contributed by atoms with Gasteiger partial charge in [-0.15, -0.1) is 0 Å². The highest BCUT2D eigenvalue weighted by Crippen LogP contribution is 2.57. The highest BCUT2D eigenvalue weighted by Gasteiger charge is 2.51. The molecule has 2 heteroatoms. The van der Waals surface area contributed by atoms with Gasteiger partial charge in [-0.2, -0.15) is 0 Å². The number of aromatic nitrogens is 1. The summed E-state index contributed by atoms with van der Waals surface area (Å²) in [6.07, 6.45) is 12.8. The molecule has 1 heterocycles. The van der Waals surface area contributed by atoms with E-state index >= 15 is 0 Å². The maximum Gasteiger partial charge on any atom is 0.0691 e. The Kier molecular flexibility index (Phi) is 2.54. The second-order valence-corrected chi connectivity index (χ2v) is 6.87. The Morgan fingerprint density at radius 1 is 0.944 bits per heavy atom. The zero-order valence-corrected chi connectivity index (χ0v) is 11.1. The molecule has 0 N–H and O–H groups in total. The Hall–Kier alpha value is -0.760. The lowest BCUT2D eigenvalue weighted by molar-refractivity contribution is -0.163. The molecule has 98 valence electrons. The molecule has 0 amide bonds. The van der Waals surface area contributed by atoms with E-state index in [1.165, 1.54) is 38.5 Å². The van der Waals surface area contributed by atoms with Gasteiger partial charge in [-0.3, -0.25) is 0 Å². The maximum atomic E-state index is 6.39. The van der Waals surface area contributed by atoms with Crippen LogP contribution >= 0.6 is 0 Å². The van der Waals surface area contributed by atoms with E-state index in [2.05, 4.69) is 29.1 Å². The van der Waals surface area contributed by atoms with Gasteiger partial charge in [0.05, 0.1) is 12.2 Å². The third kappa shape index (κ3) is 1.91. The van der Waals surface area contributed by atoms with Gasteiger partial charge in [0.1, 0.15) is 0 Å². The third-order valence-corrected chi connectivity index (χ3v) is 5.41. The molecule has 0 spiro atoms. The maximum absolute atomic E-state index is 6.39. The van der Waals surface area contributed by atoms with Gasteiger partial charge in [-0.05, 0) is 68.4 Å². The predicted molar refractivity (Wildman–Crippen MR) is 71.3 cm³/mol. The van der Waals surface area contributed by atoms with E-state index in [0.29, 0.717) is 0 Å². The van der Waals surface area contributed by atoms with Gasteiger partial charge >= 0.3 is 0 Å². The first-order valence-corrected chi connectivity index (χ1v) is 7.56. The van der Waals surface area contributed by atoms with Gasteiger partial charge in [-0.1, -0.05) is 0 Å². The van der Waals surface area contributed by atoms with E-state index in [4.69, 9.17) is 4.74 Å². The van der Waals surface area contributed by atoms with Crippen LogP contribution in [-0.2, 0) is 11.3 Å². The summed E-state index contributed by atoms with van der Waals surface area (Å²) < 4.78 is 8.62. The van der Waals surface area contributed by atoms with Crippen LogP contribution in [0, 0.1) is 17.8 Å². The Balaban J connectivity index is 1.39. The molecule has 2 nitrogen and oxygen atoms in total. The lowest BCUT2D eigenvalue weighted by Gasteiger charge is -2.56. The van der Waals surface area contributed by atoms with E-state index < -0.39 is 0 Å². The standard InChI is InChI=1S/C16H23NO/c1-2-4-17(3-1)5-6-18-16-10-13-7-14(11-16)9-15(8-13)12-16/h1-4,13-15H,5-12H2. The van der Waals surface area contributed by atoms with Gasteiger partial charge in [0.2, 0.25) is 0 Å². The average molecular weight is 245 g/mol. The van der Waals surface area contributed by atoms with Crippen LogP contribution in [0.1, 0.15) is 38.5 Å². The summed E-state index contributed by atoms with van der Waals surface area (Å²) in [4.78, 5) is 0. The summed E-state index contributed by atoms with van der Waals surface area (Å²) in [6.45, 7) is 1.90. The van der Waals surface area contributed by atoms with E-state index in [1.807, 2.05) is 0 Å². The van der Waals surface area contributed by atoms with E-state index in [0.717, 1.165) is 30.9 Å². The Bertz CT molecular complexity index is 373. The molecule has 0 unspecified atom stereocenters. The summed E-state index contributed by atoms with van der Waals surface area (Å²) in [5.74, 6) is 2.97. The second kappa shape index (κ2) is 4.12. The molecule has 4 fully saturated rings. The zero-order chi connectivity index (χ0) is 12.0. The number of hydrogen-bond acceptors (Lipinski definition) is 1. The SMILES string of the molecule is c1ccn(CCOC23CC4CC(CC(C4)C2)C3)c1. The van der Waals surface area contributed by atoms with Crippen LogP contribution in [0.2, 0.25) is 0 Å². The molecule has 5 rings (SSSR count). The molecule has 18 heavy (non-hydrogen) atoms. The van der Waals surface area contributed by atoms with Crippen molar-refractivity contribution < 1.29 is 4.74 Å². The second-order valence-electron chi connectivity index (χ2n) is 6.87. The average Bonchev–Trinajstić information content (AvgIpc) is 2.79. The van der Waals surface area contributed by atoms with Gasteiger partial charge in [0.15, 0.2) is 0 Å². The van der Waals surface area contributed by atoms with Crippen LogP contribution in [0.4, 0.5) is 0 Å². The summed E-state index contributed by atoms with van der Waals surface area (Å²) in [5.41, 5.74) is 0.280. The van der Waals surface area contributed by atoms with Crippen molar-refractivity contribution in [1.29, 1.82) is 0 Å². The van der Waals surface area contributed by atoms with Crippen molar-refractivity contribution in [2.75, 3.05) is 6.61 Å². The zero-order valence-electron chi connectivity index (χ0n) is 11.1. The predicted octanol–water partition coefficient (Wildman–Crippen LogP) is 3.47. The number of rotatable bonds is 4. The molecule has 1 aromatic rings. The number of ether oxygens (including phenoxy) is 1. The normalized spacial score (nSPS) is 41.4. The van der Waals surface area contributed by atoms with Crippen molar-refractivity contribution in [2.24, 2.45) is 17.8 Å². The molecule has 0 atom stereocenters. The summed E-state index contributed by atoms with van der Waals surface area (Å²) in [5, 5.41) is 0. The van der Waals surface area contributed by atoms with Gasteiger partial charge in [0, 0.05) is 18.9 Å². The van der Waals surface area contributed by atoms with Crippen molar-refractivity contribution in [3.05, 3.63) is 24.5 Å². The summed E-state index contributed by atoms with van der Waals surface area (Å²) >= 11 is 0. The first kappa shape index (κ1) is 11.1. The minimum atomic E-state index is 0.280. The first-order chi connectivity index (χ1) is 8.81. The Labute approximate surface area is 109 Å². The van der Waals surface area contributed by atoms with Crippen LogP contribution < -0.4 is 0 Å². The van der Waals surface area contributed by atoms with Crippen LogP contribution in [0.3, 0.4) is 0 Å². The molecule has 0 radical (unpaired) electrons. The first-order valence-electron chi connectivity index (χ1n) is 7.56. The third-order valence-electron chi connectivity index (χ3n) is 5.41. The molecule has 1 aromatic heterocycles. The van der Waals surface area contributed by atoms with Crippen LogP contribution in [0.25, 0.3) is 0 Å². The van der Waals surface area contributed by atoms with Crippen molar-refractivity contribution in [2.45, 2.75) is 50.7 Å². The smallest absolute Gasteiger partial charge is 0.0691 e. The molecule has 4 aliphatic rings. The number of hydrogen-bond donors (Lipinski definition) is 0. The fraction of sp³-hybridized carbons (Fsp3) is 0.750. The minimum Gasteiger partial charge on any atom is -0.373 e. The molecule has 4 saturated carbocycles. The van der Waals surface area contributed by atoms with Crippen molar-refractivity contribution in [3.8, 4) is 0 Å². The van der Waals surface area contributed by atoms with Gasteiger partial charge in [-0.25, -0.2) is 0 Å². The van der Waals surface area contributed by atoms with E-state index in [9.17, 15) is 0 Å². The van der Waals surface area contributed by atoms with Crippen LogP contribution in [0.5, 0.6) is 0 Å². The van der Waals surface area contributed by atoms with Gasteiger partial charge in [0.25, 0.3) is 0 Å².